The monoisotopic (exact) mass is 424 g/mol. The molecule has 0 amide bonds. The summed E-state index contributed by atoms with van der Waals surface area (Å²) in [4.78, 5) is 20.1. The normalized spacial score (nSPS) is 18.3. The average molecular weight is 425 g/mol. The van der Waals surface area contributed by atoms with E-state index in [2.05, 4.69) is 58.4 Å². The summed E-state index contributed by atoms with van der Waals surface area (Å²) in [7, 11) is 4.06. The fourth-order valence-electron chi connectivity index (χ4n) is 4.45. The van der Waals surface area contributed by atoms with Crippen LogP contribution in [0, 0.1) is 10.1 Å². The van der Waals surface area contributed by atoms with Gasteiger partial charge in [-0.05, 0) is 53.5 Å². The van der Waals surface area contributed by atoms with Crippen LogP contribution in [0.1, 0.15) is 12.0 Å². The van der Waals surface area contributed by atoms with Crippen LogP contribution in [0.4, 0.5) is 17.1 Å². The molecule has 0 bridgehead atoms. The lowest BCUT2D eigenvalue weighted by atomic mass is 9.88. The van der Waals surface area contributed by atoms with Crippen molar-refractivity contribution in [3.8, 4) is 0 Å². The van der Waals surface area contributed by atoms with E-state index in [1.54, 1.807) is 12.1 Å². The Balaban J connectivity index is 1.57. The van der Waals surface area contributed by atoms with Gasteiger partial charge in [0.25, 0.3) is 5.69 Å². The highest BCUT2D eigenvalue weighted by Crippen LogP contribution is 2.39. The van der Waals surface area contributed by atoms with Crippen molar-refractivity contribution in [2.45, 2.75) is 6.42 Å². The number of rotatable bonds is 4. The fraction of sp³-hybridized carbons (Fsp3) is 0.192. The van der Waals surface area contributed by atoms with E-state index in [1.165, 1.54) is 22.8 Å². The molecule has 2 heterocycles. The number of anilines is 2. The second kappa shape index (κ2) is 7.96. The number of aliphatic imine (C=N–C) groups is 1. The molecule has 0 aromatic heterocycles. The number of allylic oxidation sites excluding steroid dienone is 4. The molecule has 160 valence electrons. The summed E-state index contributed by atoms with van der Waals surface area (Å²) < 4.78 is 0. The van der Waals surface area contributed by atoms with Gasteiger partial charge in [0, 0.05) is 49.7 Å². The minimum absolute atomic E-state index is 0.102. The van der Waals surface area contributed by atoms with Gasteiger partial charge < -0.3 is 9.80 Å². The molecule has 6 nitrogen and oxygen atoms in total. The molecule has 0 spiro atoms. The summed E-state index contributed by atoms with van der Waals surface area (Å²) in [5, 5.41) is 11.3. The number of nitro benzene ring substituents is 1. The minimum Gasteiger partial charge on any atom is -0.378 e. The molecule has 1 aliphatic carbocycles. The van der Waals surface area contributed by atoms with Gasteiger partial charge in [0.05, 0.1) is 22.9 Å². The predicted molar refractivity (Wildman–Crippen MR) is 130 cm³/mol. The van der Waals surface area contributed by atoms with Gasteiger partial charge in [0.1, 0.15) is 0 Å². The number of nitro groups is 1. The van der Waals surface area contributed by atoms with Gasteiger partial charge in [-0.15, -0.1) is 0 Å². The second-order valence-corrected chi connectivity index (χ2v) is 8.38. The summed E-state index contributed by atoms with van der Waals surface area (Å²) in [5.41, 5.74) is 8.98. The highest BCUT2D eigenvalue weighted by atomic mass is 16.6. The SMILES string of the molecule is CN(C)c1ccc(/C=C2\CN(c3cccc([N+](=O)[O-])c3)CC3=NC4=CC=CCC4=C32)cc1. The Morgan fingerprint density at radius 1 is 1.12 bits per heavy atom. The van der Waals surface area contributed by atoms with E-state index in [-0.39, 0.29) is 10.6 Å². The lowest BCUT2D eigenvalue weighted by molar-refractivity contribution is -0.384. The summed E-state index contributed by atoms with van der Waals surface area (Å²) in [6.07, 6.45) is 9.39. The van der Waals surface area contributed by atoms with Crippen LogP contribution in [0.25, 0.3) is 6.08 Å². The quantitative estimate of drug-likeness (QED) is 0.502. The number of nitrogens with zero attached hydrogens (tertiary/aromatic N) is 4. The van der Waals surface area contributed by atoms with Crippen molar-refractivity contribution in [2.75, 3.05) is 37.0 Å². The van der Waals surface area contributed by atoms with E-state index in [1.807, 2.05) is 20.2 Å². The zero-order chi connectivity index (χ0) is 22.2. The summed E-state index contributed by atoms with van der Waals surface area (Å²) >= 11 is 0. The molecule has 1 saturated heterocycles. The smallest absolute Gasteiger partial charge is 0.271 e. The Morgan fingerprint density at radius 3 is 2.69 bits per heavy atom. The Bertz CT molecular complexity index is 1250. The van der Waals surface area contributed by atoms with Crippen molar-refractivity contribution in [1.82, 2.24) is 0 Å². The van der Waals surface area contributed by atoms with Crippen molar-refractivity contribution >= 4 is 28.8 Å². The van der Waals surface area contributed by atoms with Crippen molar-refractivity contribution < 1.29 is 4.92 Å². The Morgan fingerprint density at radius 2 is 1.94 bits per heavy atom. The molecule has 2 aromatic carbocycles. The Hall–Kier alpha value is -3.93. The molecule has 2 aliphatic heterocycles. The Labute approximate surface area is 187 Å². The van der Waals surface area contributed by atoms with Gasteiger partial charge in [-0.25, -0.2) is 0 Å². The van der Waals surface area contributed by atoms with Gasteiger partial charge >= 0.3 is 0 Å². The molecular weight excluding hydrogens is 400 g/mol. The maximum Gasteiger partial charge on any atom is 0.271 e. The maximum absolute atomic E-state index is 11.3. The highest BCUT2D eigenvalue weighted by molar-refractivity contribution is 6.13. The van der Waals surface area contributed by atoms with Crippen LogP contribution in [0.15, 0.2) is 94.2 Å². The number of non-ortho nitro benzene ring substituents is 1. The van der Waals surface area contributed by atoms with E-state index in [0.29, 0.717) is 13.1 Å². The van der Waals surface area contributed by atoms with Gasteiger partial charge in [0.2, 0.25) is 0 Å². The van der Waals surface area contributed by atoms with Gasteiger partial charge in [-0.3, -0.25) is 15.1 Å². The zero-order valence-corrected chi connectivity index (χ0v) is 18.2. The fourth-order valence-corrected chi connectivity index (χ4v) is 4.45. The first-order chi connectivity index (χ1) is 15.5. The standard InChI is InChI=1S/C26H24N4O2/c1-28(2)20-12-10-18(11-13-20)14-19-16-29(21-6-5-7-22(15-21)30(31)32)17-25-26(19)23-8-3-4-9-24(23)27-25/h3-7,9-15H,8,16-17H2,1-2H3/b19-14+. The van der Waals surface area contributed by atoms with Crippen LogP contribution >= 0.6 is 0 Å². The van der Waals surface area contributed by atoms with Crippen LogP contribution in [-0.2, 0) is 0 Å². The zero-order valence-electron chi connectivity index (χ0n) is 18.2. The van der Waals surface area contributed by atoms with Crippen molar-refractivity contribution in [3.05, 3.63) is 105 Å². The summed E-state index contributed by atoms with van der Waals surface area (Å²) in [6.45, 7) is 1.31. The van der Waals surface area contributed by atoms with Crippen molar-refractivity contribution in [2.24, 2.45) is 4.99 Å². The summed E-state index contributed by atoms with van der Waals surface area (Å²) in [6, 6.07) is 15.3. The van der Waals surface area contributed by atoms with Gasteiger partial charge in [-0.2, -0.15) is 0 Å². The molecule has 0 atom stereocenters. The first-order valence-corrected chi connectivity index (χ1v) is 10.7. The molecule has 6 heteroatoms. The number of hydrogen-bond donors (Lipinski definition) is 0. The van der Waals surface area contributed by atoms with E-state index >= 15 is 0 Å². The third-order valence-corrected chi connectivity index (χ3v) is 6.05. The van der Waals surface area contributed by atoms with Crippen LogP contribution in [0.5, 0.6) is 0 Å². The Kier molecular flexibility index (Phi) is 4.98. The third kappa shape index (κ3) is 3.64. The van der Waals surface area contributed by atoms with Crippen LogP contribution in [-0.4, -0.2) is 37.8 Å². The lowest BCUT2D eigenvalue weighted by Gasteiger charge is -2.32. The van der Waals surface area contributed by atoms with Crippen molar-refractivity contribution in [1.29, 1.82) is 0 Å². The second-order valence-electron chi connectivity index (χ2n) is 8.38. The first-order valence-electron chi connectivity index (χ1n) is 10.7. The van der Waals surface area contributed by atoms with Crippen LogP contribution < -0.4 is 9.80 Å². The van der Waals surface area contributed by atoms with Crippen LogP contribution in [0.2, 0.25) is 0 Å². The molecule has 2 aromatic rings. The minimum atomic E-state index is -0.345. The van der Waals surface area contributed by atoms with E-state index in [9.17, 15) is 10.1 Å². The molecular formula is C26H24N4O2. The number of benzene rings is 2. The first kappa shape index (κ1) is 20.0. The summed E-state index contributed by atoms with van der Waals surface area (Å²) in [5.74, 6) is 0. The molecule has 32 heavy (non-hydrogen) atoms. The van der Waals surface area contributed by atoms with Crippen molar-refractivity contribution in [3.63, 3.8) is 0 Å². The van der Waals surface area contributed by atoms with Gasteiger partial charge in [0.15, 0.2) is 0 Å². The molecule has 0 unspecified atom stereocenters. The largest absolute Gasteiger partial charge is 0.378 e. The highest BCUT2D eigenvalue weighted by Gasteiger charge is 2.32. The molecule has 5 rings (SSSR count). The molecule has 0 N–H and O–H groups in total. The molecule has 0 radical (unpaired) electrons. The predicted octanol–water partition coefficient (Wildman–Crippen LogP) is 5.16. The van der Waals surface area contributed by atoms with Crippen LogP contribution in [0.3, 0.4) is 0 Å². The third-order valence-electron chi connectivity index (χ3n) is 6.05. The van der Waals surface area contributed by atoms with E-state index < -0.39 is 0 Å². The lowest BCUT2D eigenvalue weighted by Crippen LogP contribution is -2.38. The topological polar surface area (TPSA) is 62.0 Å². The average Bonchev–Trinajstić information content (AvgIpc) is 3.18. The molecule has 0 saturated carbocycles. The van der Waals surface area contributed by atoms with E-state index in [0.717, 1.165) is 34.8 Å². The van der Waals surface area contributed by atoms with E-state index in [4.69, 9.17) is 4.99 Å². The number of fused-ring (bicyclic) bond motifs is 2. The number of piperidine rings is 1. The number of hydrogen-bond acceptors (Lipinski definition) is 5. The molecule has 1 fully saturated rings. The molecule has 3 aliphatic rings. The van der Waals surface area contributed by atoms with Gasteiger partial charge in [-0.1, -0.05) is 30.4 Å². The maximum atomic E-state index is 11.3.